The van der Waals surface area contributed by atoms with E-state index < -0.39 is 17.1 Å². The molecule has 6 nitrogen and oxygen atoms in total. The molecule has 0 saturated carbocycles. The fourth-order valence-corrected chi connectivity index (χ4v) is 4.28. The molecular formula is C26H21ClN2O4S. The van der Waals surface area contributed by atoms with Crippen molar-refractivity contribution in [2.75, 3.05) is 11.9 Å². The third-order valence-electron chi connectivity index (χ3n) is 5.06. The van der Waals surface area contributed by atoms with Gasteiger partial charge in [0.15, 0.2) is 0 Å². The Morgan fingerprint density at radius 1 is 1.03 bits per heavy atom. The highest BCUT2D eigenvalue weighted by atomic mass is 35.5. The van der Waals surface area contributed by atoms with Crippen LogP contribution in [0.1, 0.15) is 16.7 Å². The molecule has 1 heterocycles. The van der Waals surface area contributed by atoms with Gasteiger partial charge in [-0.1, -0.05) is 65.7 Å². The molecule has 0 spiro atoms. The van der Waals surface area contributed by atoms with E-state index in [0.717, 1.165) is 27.8 Å². The van der Waals surface area contributed by atoms with Crippen molar-refractivity contribution in [3.63, 3.8) is 0 Å². The average molecular weight is 493 g/mol. The molecular weight excluding hydrogens is 472 g/mol. The van der Waals surface area contributed by atoms with Gasteiger partial charge in [0.1, 0.15) is 18.9 Å². The highest BCUT2D eigenvalue weighted by molar-refractivity contribution is 8.18. The number of nitrogens with zero attached hydrogens (tertiary/aromatic N) is 1. The summed E-state index contributed by atoms with van der Waals surface area (Å²) in [5.41, 5.74) is 3.14. The molecule has 1 fully saturated rings. The first kappa shape index (κ1) is 23.6. The van der Waals surface area contributed by atoms with Gasteiger partial charge >= 0.3 is 0 Å². The average Bonchev–Trinajstić information content (AvgIpc) is 3.08. The van der Waals surface area contributed by atoms with Crippen molar-refractivity contribution in [2.24, 2.45) is 0 Å². The van der Waals surface area contributed by atoms with E-state index in [9.17, 15) is 14.4 Å². The molecule has 0 aliphatic carbocycles. The molecule has 0 radical (unpaired) electrons. The number of imide groups is 1. The van der Waals surface area contributed by atoms with E-state index in [-0.39, 0.29) is 18.1 Å². The van der Waals surface area contributed by atoms with Crippen LogP contribution in [0.2, 0.25) is 5.02 Å². The Balaban J connectivity index is 1.45. The van der Waals surface area contributed by atoms with Crippen molar-refractivity contribution in [3.05, 3.63) is 99.4 Å². The maximum Gasteiger partial charge on any atom is 0.294 e. The van der Waals surface area contributed by atoms with E-state index in [2.05, 4.69) is 5.32 Å². The van der Waals surface area contributed by atoms with Crippen LogP contribution in [0.5, 0.6) is 5.75 Å². The zero-order valence-corrected chi connectivity index (χ0v) is 19.9. The smallest absolute Gasteiger partial charge is 0.294 e. The molecule has 3 aromatic carbocycles. The summed E-state index contributed by atoms with van der Waals surface area (Å²) in [6.45, 7) is 1.84. The van der Waals surface area contributed by atoms with E-state index in [4.69, 9.17) is 16.3 Å². The van der Waals surface area contributed by atoms with Crippen molar-refractivity contribution in [1.82, 2.24) is 4.90 Å². The molecule has 1 aliphatic rings. The van der Waals surface area contributed by atoms with Crippen molar-refractivity contribution >= 4 is 52.2 Å². The van der Waals surface area contributed by atoms with E-state index in [1.54, 1.807) is 36.4 Å². The van der Waals surface area contributed by atoms with Crippen molar-refractivity contribution in [2.45, 2.75) is 13.5 Å². The number of anilines is 1. The summed E-state index contributed by atoms with van der Waals surface area (Å²) in [4.78, 5) is 38.9. The minimum Gasteiger partial charge on any atom is -0.488 e. The quantitative estimate of drug-likeness (QED) is 0.415. The maximum atomic E-state index is 12.9. The fourth-order valence-electron chi connectivity index (χ4n) is 3.26. The van der Waals surface area contributed by atoms with Crippen LogP contribution in [0.4, 0.5) is 10.5 Å². The highest BCUT2D eigenvalue weighted by Gasteiger charge is 2.36. The van der Waals surface area contributed by atoms with Crippen molar-refractivity contribution in [3.8, 4) is 5.75 Å². The molecule has 8 heteroatoms. The summed E-state index contributed by atoms with van der Waals surface area (Å²) < 4.78 is 5.93. The molecule has 3 aromatic rings. The number of amides is 3. The third kappa shape index (κ3) is 5.68. The number of halogens is 1. The standard InChI is InChI=1S/C26H21ClN2O4S/c1-17-10-12-20(13-11-17)28-24(30)15-29-25(31)23(34-26(29)32)14-18-6-3-5-9-22(18)33-16-19-7-2-4-8-21(19)27/h2-14H,15-16H2,1H3,(H,28,30). The number of carbonyl (C=O) groups excluding carboxylic acids is 3. The topological polar surface area (TPSA) is 75.7 Å². The van der Waals surface area contributed by atoms with E-state index in [1.807, 2.05) is 49.4 Å². The minimum absolute atomic E-state index is 0.224. The van der Waals surface area contributed by atoms with Crippen LogP contribution < -0.4 is 10.1 Å². The van der Waals surface area contributed by atoms with Crippen LogP contribution >= 0.6 is 23.4 Å². The Hall–Kier alpha value is -3.55. The molecule has 4 rings (SSSR count). The zero-order valence-electron chi connectivity index (χ0n) is 18.3. The van der Waals surface area contributed by atoms with Crippen LogP contribution in [0, 0.1) is 6.92 Å². The van der Waals surface area contributed by atoms with Gasteiger partial charge in [-0.15, -0.1) is 0 Å². The first-order chi connectivity index (χ1) is 16.4. The number of benzene rings is 3. The van der Waals surface area contributed by atoms with Gasteiger partial charge in [0.2, 0.25) is 5.91 Å². The van der Waals surface area contributed by atoms with Gasteiger partial charge in [0.05, 0.1) is 4.91 Å². The molecule has 3 amide bonds. The summed E-state index contributed by atoms with van der Waals surface area (Å²) >= 11 is 7.00. The van der Waals surface area contributed by atoms with Crippen LogP contribution in [0.15, 0.2) is 77.7 Å². The molecule has 0 atom stereocenters. The lowest BCUT2D eigenvalue weighted by atomic mass is 10.1. The number of nitrogens with one attached hydrogen (secondary N) is 1. The number of para-hydroxylation sites is 1. The molecule has 172 valence electrons. The van der Waals surface area contributed by atoms with Crippen LogP contribution in [0.25, 0.3) is 6.08 Å². The first-order valence-electron chi connectivity index (χ1n) is 10.5. The molecule has 1 N–H and O–H groups in total. The van der Waals surface area contributed by atoms with Crippen molar-refractivity contribution < 1.29 is 19.1 Å². The second-order valence-corrected chi connectivity index (χ2v) is 9.00. The second kappa shape index (κ2) is 10.6. The van der Waals surface area contributed by atoms with Crippen LogP contribution in [-0.2, 0) is 16.2 Å². The van der Waals surface area contributed by atoms with Crippen molar-refractivity contribution in [1.29, 1.82) is 0 Å². The van der Waals surface area contributed by atoms with Gasteiger partial charge in [0, 0.05) is 21.8 Å². The summed E-state index contributed by atoms with van der Waals surface area (Å²) in [5, 5.41) is 2.81. The van der Waals surface area contributed by atoms with Crippen LogP contribution in [0.3, 0.4) is 0 Å². The number of aryl methyl sites for hydroxylation is 1. The van der Waals surface area contributed by atoms with Gasteiger partial charge in [-0.2, -0.15) is 0 Å². The fraction of sp³-hybridized carbons (Fsp3) is 0.115. The Labute approximate surface area is 206 Å². The van der Waals surface area contributed by atoms with Gasteiger partial charge in [-0.3, -0.25) is 19.3 Å². The largest absolute Gasteiger partial charge is 0.488 e. The normalized spacial score (nSPS) is 14.5. The summed E-state index contributed by atoms with van der Waals surface area (Å²) in [6.07, 6.45) is 1.60. The molecule has 1 saturated heterocycles. The number of hydrogen-bond donors (Lipinski definition) is 1. The highest BCUT2D eigenvalue weighted by Crippen LogP contribution is 2.34. The van der Waals surface area contributed by atoms with E-state index in [0.29, 0.717) is 22.0 Å². The zero-order chi connectivity index (χ0) is 24.1. The Kier molecular flexibility index (Phi) is 7.35. The lowest BCUT2D eigenvalue weighted by Crippen LogP contribution is -2.36. The summed E-state index contributed by atoms with van der Waals surface area (Å²) in [7, 11) is 0. The van der Waals surface area contributed by atoms with Gasteiger partial charge < -0.3 is 10.1 Å². The Bertz CT molecular complexity index is 1270. The van der Waals surface area contributed by atoms with Gasteiger partial charge in [-0.25, -0.2) is 0 Å². The predicted molar refractivity (Wildman–Crippen MR) is 135 cm³/mol. The van der Waals surface area contributed by atoms with E-state index >= 15 is 0 Å². The van der Waals surface area contributed by atoms with E-state index in [1.165, 1.54) is 0 Å². The summed E-state index contributed by atoms with van der Waals surface area (Å²) in [6, 6.07) is 21.8. The second-order valence-electron chi connectivity index (χ2n) is 7.60. The Morgan fingerprint density at radius 3 is 2.50 bits per heavy atom. The number of ether oxygens (including phenoxy) is 1. The SMILES string of the molecule is Cc1ccc(NC(=O)CN2C(=O)SC(=Cc3ccccc3OCc3ccccc3Cl)C2=O)cc1. The summed E-state index contributed by atoms with van der Waals surface area (Å²) in [5.74, 6) is -0.419. The number of rotatable bonds is 7. The van der Waals surface area contributed by atoms with Crippen LogP contribution in [-0.4, -0.2) is 28.5 Å². The molecule has 1 aliphatic heterocycles. The number of thioether (sulfide) groups is 1. The Morgan fingerprint density at radius 2 is 1.74 bits per heavy atom. The third-order valence-corrected chi connectivity index (χ3v) is 6.33. The number of hydrogen-bond acceptors (Lipinski definition) is 5. The molecule has 0 unspecified atom stereocenters. The van der Waals surface area contributed by atoms with Gasteiger partial charge in [-0.05, 0) is 49.0 Å². The monoisotopic (exact) mass is 492 g/mol. The number of carbonyl (C=O) groups is 3. The molecule has 34 heavy (non-hydrogen) atoms. The lowest BCUT2D eigenvalue weighted by Gasteiger charge is -2.13. The lowest BCUT2D eigenvalue weighted by molar-refractivity contribution is -0.127. The maximum absolute atomic E-state index is 12.9. The predicted octanol–water partition coefficient (Wildman–Crippen LogP) is 5.90. The first-order valence-corrected chi connectivity index (χ1v) is 11.7. The molecule has 0 bridgehead atoms. The molecule has 0 aromatic heterocycles. The van der Waals surface area contributed by atoms with Gasteiger partial charge in [0.25, 0.3) is 11.1 Å². The minimum atomic E-state index is -0.519.